The van der Waals surface area contributed by atoms with Crippen LogP contribution in [0.2, 0.25) is 0 Å². The molecule has 2 aromatic carbocycles. The van der Waals surface area contributed by atoms with Gasteiger partial charge in [-0.3, -0.25) is 9.59 Å². The van der Waals surface area contributed by atoms with Crippen LogP contribution in [0.5, 0.6) is 5.75 Å². The van der Waals surface area contributed by atoms with Crippen molar-refractivity contribution >= 4 is 17.5 Å². The number of amides is 2. The van der Waals surface area contributed by atoms with Crippen LogP contribution < -0.4 is 15.0 Å². The molecular formula is C20H20F2N2O3. The molecule has 3 rings (SSSR count). The fourth-order valence-corrected chi connectivity index (χ4v) is 3.05. The Kier molecular flexibility index (Phi) is 5.69. The van der Waals surface area contributed by atoms with E-state index in [9.17, 15) is 18.4 Å². The van der Waals surface area contributed by atoms with E-state index in [1.165, 1.54) is 11.0 Å². The summed E-state index contributed by atoms with van der Waals surface area (Å²) in [6, 6.07) is 10.8. The topological polar surface area (TPSA) is 58.6 Å². The molecule has 1 aliphatic rings. The van der Waals surface area contributed by atoms with Crippen molar-refractivity contribution in [3.63, 3.8) is 0 Å². The van der Waals surface area contributed by atoms with Gasteiger partial charge in [0.25, 0.3) is 0 Å². The van der Waals surface area contributed by atoms with Crippen LogP contribution in [0, 0.1) is 17.6 Å². The summed E-state index contributed by atoms with van der Waals surface area (Å²) < 4.78 is 31.5. The first-order valence-electron chi connectivity index (χ1n) is 8.64. The zero-order valence-corrected chi connectivity index (χ0v) is 14.9. The van der Waals surface area contributed by atoms with Crippen molar-refractivity contribution in [2.75, 3.05) is 25.1 Å². The van der Waals surface area contributed by atoms with Crippen molar-refractivity contribution in [2.24, 2.45) is 5.92 Å². The molecule has 1 aliphatic heterocycles. The number of hydrogen-bond acceptors (Lipinski definition) is 3. The summed E-state index contributed by atoms with van der Waals surface area (Å²) in [4.78, 5) is 25.8. The molecule has 5 nitrogen and oxygen atoms in total. The molecule has 2 aromatic rings. The van der Waals surface area contributed by atoms with Gasteiger partial charge in [0.15, 0.2) is 11.6 Å². The number of halogens is 2. The number of rotatable bonds is 6. The van der Waals surface area contributed by atoms with Crippen molar-refractivity contribution < 1.29 is 23.1 Å². The van der Waals surface area contributed by atoms with E-state index >= 15 is 0 Å². The maximum atomic E-state index is 13.4. The maximum Gasteiger partial charge on any atom is 0.227 e. The molecule has 1 unspecified atom stereocenters. The molecule has 0 radical (unpaired) electrons. The van der Waals surface area contributed by atoms with Crippen LogP contribution in [0.15, 0.2) is 42.5 Å². The highest BCUT2D eigenvalue weighted by atomic mass is 19.2. The molecular weight excluding hydrogens is 354 g/mol. The average molecular weight is 374 g/mol. The molecule has 1 saturated heterocycles. The average Bonchev–Trinajstić information content (AvgIpc) is 3.06. The molecule has 1 heterocycles. The van der Waals surface area contributed by atoms with Crippen molar-refractivity contribution in [1.82, 2.24) is 5.32 Å². The fourth-order valence-electron chi connectivity index (χ4n) is 3.05. The van der Waals surface area contributed by atoms with Gasteiger partial charge in [-0.2, -0.15) is 0 Å². The highest BCUT2D eigenvalue weighted by Crippen LogP contribution is 2.26. The van der Waals surface area contributed by atoms with E-state index in [2.05, 4.69) is 5.32 Å². The van der Waals surface area contributed by atoms with E-state index in [0.717, 1.165) is 23.4 Å². The molecule has 0 saturated carbocycles. The van der Waals surface area contributed by atoms with Gasteiger partial charge >= 0.3 is 0 Å². The fraction of sp³-hybridized carbons (Fsp3) is 0.300. The molecule has 27 heavy (non-hydrogen) atoms. The third-order valence-electron chi connectivity index (χ3n) is 4.58. The van der Waals surface area contributed by atoms with Crippen LogP contribution in [0.3, 0.4) is 0 Å². The highest BCUT2D eigenvalue weighted by molar-refractivity contribution is 6.00. The molecule has 1 fully saturated rings. The third kappa shape index (κ3) is 4.42. The number of anilines is 1. The van der Waals surface area contributed by atoms with E-state index in [1.54, 1.807) is 7.11 Å². The first-order valence-corrected chi connectivity index (χ1v) is 8.64. The number of ether oxygens (including phenoxy) is 1. The monoisotopic (exact) mass is 374 g/mol. The second kappa shape index (κ2) is 8.16. The number of carbonyl (C=O) groups is 2. The molecule has 1 atom stereocenters. The standard InChI is InChI=1S/C20H20F2N2O3/c1-27-16-5-2-13(3-6-16)8-9-23-20(26)14-10-19(25)24(12-14)15-4-7-17(21)18(22)11-15/h2-7,11,14H,8-10,12H2,1H3,(H,23,26). The highest BCUT2D eigenvalue weighted by Gasteiger charge is 2.35. The first-order chi connectivity index (χ1) is 13.0. The number of hydrogen-bond donors (Lipinski definition) is 1. The minimum atomic E-state index is -1.02. The Bertz CT molecular complexity index is 840. The lowest BCUT2D eigenvalue weighted by atomic mass is 10.1. The van der Waals surface area contributed by atoms with E-state index in [-0.39, 0.29) is 30.5 Å². The molecule has 142 valence electrons. The maximum absolute atomic E-state index is 13.4. The Hall–Kier alpha value is -2.96. The van der Waals surface area contributed by atoms with Crippen molar-refractivity contribution in [3.05, 3.63) is 59.7 Å². The molecule has 1 N–H and O–H groups in total. The van der Waals surface area contributed by atoms with E-state index in [4.69, 9.17) is 4.74 Å². The van der Waals surface area contributed by atoms with Gasteiger partial charge in [0.05, 0.1) is 13.0 Å². The largest absolute Gasteiger partial charge is 0.497 e. The summed E-state index contributed by atoms with van der Waals surface area (Å²) in [6.07, 6.45) is 0.705. The Morgan fingerprint density at radius 1 is 1.19 bits per heavy atom. The quantitative estimate of drug-likeness (QED) is 0.846. The lowest BCUT2D eigenvalue weighted by Gasteiger charge is -2.17. The molecule has 2 amide bonds. The van der Waals surface area contributed by atoms with Crippen molar-refractivity contribution in [2.45, 2.75) is 12.8 Å². The zero-order valence-electron chi connectivity index (χ0n) is 14.9. The van der Waals surface area contributed by atoms with E-state index in [1.807, 2.05) is 24.3 Å². The summed E-state index contributed by atoms with van der Waals surface area (Å²) in [5.41, 5.74) is 1.31. The summed E-state index contributed by atoms with van der Waals surface area (Å²) in [6.45, 7) is 0.597. The van der Waals surface area contributed by atoms with Gasteiger partial charge in [-0.1, -0.05) is 12.1 Å². The molecule has 7 heteroatoms. The molecule has 0 aliphatic carbocycles. The van der Waals surface area contributed by atoms with E-state index in [0.29, 0.717) is 13.0 Å². The van der Waals surface area contributed by atoms with Gasteiger partial charge in [-0.05, 0) is 36.2 Å². The minimum Gasteiger partial charge on any atom is -0.497 e. The van der Waals surface area contributed by atoms with Gasteiger partial charge in [0.1, 0.15) is 5.75 Å². The van der Waals surface area contributed by atoms with Crippen LogP contribution in [0.25, 0.3) is 0 Å². The van der Waals surface area contributed by atoms with Crippen molar-refractivity contribution in [1.29, 1.82) is 0 Å². The van der Waals surface area contributed by atoms with Gasteiger partial charge in [-0.25, -0.2) is 8.78 Å². The zero-order chi connectivity index (χ0) is 19.4. The number of benzene rings is 2. The number of carbonyl (C=O) groups excluding carboxylic acids is 2. The predicted molar refractivity (Wildman–Crippen MR) is 96.5 cm³/mol. The summed E-state index contributed by atoms with van der Waals surface area (Å²) in [5, 5.41) is 2.83. The smallest absolute Gasteiger partial charge is 0.227 e. The predicted octanol–water partition coefficient (Wildman–Crippen LogP) is 2.69. The molecule has 0 spiro atoms. The van der Waals surface area contributed by atoms with Crippen LogP contribution >= 0.6 is 0 Å². The van der Waals surface area contributed by atoms with Gasteiger partial charge < -0.3 is 15.0 Å². The van der Waals surface area contributed by atoms with Gasteiger partial charge in [-0.15, -0.1) is 0 Å². The molecule has 0 aromatic heterocycles. The summed E-state index contributed by atoms with van der Waals surface area (Å²) in [7, 11) is 1.60. The Morgan fingerprint density at radius 2 is 1.93 bits per heavy atom. The Morgan fingerprint density at radius 3 is 2.59 bits per heavy atom. The van der Waals surface area contributed by atoms with Gasteiger partial charge in [0.2, 0.25) is 11.8 Å². The minimum absolute atomic E-state index is 0.0490. The summed E-state index contributed by atoms with van der Waals surface area (Å²) >= 11 is 0. The number of methoxy groups -OCH3 is 1. The summed E-state index contributed by atoms with van der Waals surface area (Å²) in [5.74, 6) is -2.24. The lowest BCUT2D eigenvalue weighted by molar-refractivity contribution is -0.126. The van der Waals surface area contributed by atoms with E-state index < -0.39 is 17.6 Å². The van der Waals surface area contributed by atoms with Crippen LogP contribution in [0.4, 0.5) is 14.5 Å². The number of nitrogens with one attached hydrogen (secondary N) is 1. The number of nitrogens with zero attached hydrogens (tertiary/aromatic N) is 1. The van der Waals surface area contributed by atoms with Crippen LogP contribution in [-0.4, -0.2) is 32.0 Å². The Labute approximate surface area is 155 Å². The third-order valence-corrected chi connectivity index (χ3v) is 4.58. The normalized spacial score (nSPS) is 16.5. The first kappa shape index (κ1) is 18.8. The second-order valence-electron chi connectivity index (χ2n) is 6.39. The molecule has 0 bridgehead atoms. The van der Waals surface area contributed by atoms with Crippen LogP contribution in [0.1, 0.15) is 12.0 Å². The Balaban J connectivity index is 1.53. The van der Waals surface area contributed by atoms with Crippen LogP contribution in [-0.2, 0) is 16.0 Å². The SMILES string of the molecule is COc1ccc(CCNC(=O)C2CC(=O)N(c3ccc(F)c(F)c3)C2)cc1. The lowest BCUT2D eigenvalue weighted by Crippen LogP contribution is -2.34. The van der Waals surface area contributed by atoms with Crippen molar-refractivity contribution in [3.8, 4) is 5.75 Å². The second-order valence-corrected chi connectivity index (χ2v) is 6.39. The van der Waals surface area contributed by atoms with Gasteiger partial charge in [0, 0.05) is 31.3 Å².